The van der Waals surface area contributed by atoms with E-state index in [1.54, 1.807) is 30.7 Å². The summed E-state index contributed by atoms with van der Waals surface area (Å²) in [5.74, 6) is -0.904. The van der Waals surface area contributed by atoms with E-state index in [0.717, 1.165) is 22.4 Å². The number of ether oxygens (including phenoxy) is 3. The highest BCUT2D eigenvalue weighted by atomic mass is 32.2. The highest BCUT2D eigenvalue weighted by Crippen LogP contribution is 2.36. The minimum absolute atomic E-state index is 0.183. The molecule has 0 unspecified atom stereocenters. The number of aromatic nitrogens is 2. The second-order valence-electron chi connectivity index (χ2n) is 11.0. The molecule has 2 aliphatic rings. The maximum atomic E-state index is 12.5. The fourth-order valence-corrected chi connectivity index (χ4v) is 6.62. The monoisotopic (exact) mass is 568 g/mol. The number of aryl methyl sites for hydroxylation is 2. The Labute approximate surface area is 237 Å². The van der Waals surface area contributed by atoms with Gasteiger partial charge in [-0.05, 0) is 51.0 Å². The molecule has 9 nitrogen and oxygen atoms in total. The zero-order valence-corrected chi connectivity index (χ0v) is 24.6. The Balaban J connectivity index is 1.16. The van der Waals surface area contributed by atoms with Gasteiger partial charge < -0.3 is 23.7 Å². The molecule has 3 aromatic rings. The van der Waals surface area contributed by atoms with Crippen LogP contribution in [0.4, 0.5) is 5.69 Å². The van der Waals surface area contributed by atoms with Crippen LogP contribution in [0.5, 0.6) is 0 Å². The van der Waals surface area contributed by atoms with Gasteiger partial charge in [-0.15, -0.1) is 0 Å². The Hall–Kier alpha value is -2.76. The molecule has 0 atom stereocenters. The fourth-order valence-electron chi connectivity index (χ4n) is 5.35. The van der Waals surface area contributed by atoms with Crippen molar-refractivity contribution in [3.8, 4) is 0 Å². The molecular weight excluding hydrogens is 528 g/mol. The summed E-state index contributed by atoms with van der Waals surface area (Å²) in [5.41, 5.74) is 5.50. The van der Waals surface area contributed by atoms with E-state index in [9.17, 15) is 8.42 Å². The van der Waals surface area contributed by atoms with Crippen molar-refractivity contribution in [1.29, 1.82) is 0 Å². The second kappa shape index (κ2) is 12.0. The van der Waals surface area contributed by atoms with Crippen LogP contribution >= 0.6 is 0 Å². The van der Waals surface area contributed by atoms with Crippen molar-refractivity contribution in [3.63, 3.8) is 0 Å². The fraction of sp³-hybridized carbons (Fsp3) is 0.500. The largest absolute Gasteiger partial charge is 0.369 e. The summed E-state index contributed by atoms with van der Waals surface area (Å²) in [6, 6.07) is 14.6. The number of imidazole rings is 1. The Morgan fingerprint density at radius 2 is 1.73 bits per heavy atom. The van der Waals surface area contributed by atoms with E-state index in [-0.39, 0.29) is 6.10 Å². The number of sulfonamides is 1. The number of hydrogen-bond donors (Lipinski definition) is 0. The molecule has 0 saturated carbocycles. The first-order valence-electron chi connectivity index (χ1n) is 13.9. The summed E-state index contributed by atoms with van der Waals surface area (Å²) in [5, 5.41) is -0.391. The maximum absolute atomic E-state index is 12.5. The zero-order chi connectivity index (χ0) is 28.3. The van der Waals surface area contributed by atoms with E-state index < -0.39 is 21.1 Å². The molecular formula is C30H40N4O5S. The van der Waals surface area contributed by atoms with Gasteiger partial charge in [-0.25, -0.2) is 13.4 Å². The van der Waals surface area contributed by atoms with Gasteiger partial charge in [0, 0.05) is 49.8 Å². The summed E-state index contributed by atoms with van der Waals surface area (Å²) in [4.78, 5) is 6.41. The molecule has 0 aliphatic carbocycles. The van der Waals surface area contributed by atoms with Crippen LogP contribution in [0, 0.1) is 13.8 Å². The molecule has 0 N–H and O–H groups in total. The van der Waals surface area contributed by atoms with Gasteiger partial charge in [-0.1, -0.05) is 35.9 Å². The third kappa shape index (κ3) is 6.26. The molecule has 0 bridgehead atoms. The summed E-state index contributed by atoms with van der Waals surface area (Å²) in [6.07, 6.45) is 5.26. The Kier molecular flexibility index (Phi) is 8.63. The van der Waals surface area contributed by atoms with Crippen molar-refractivity contribution in [3.05, 3.63) is 83.4 Å². The molecule has 0 amide bonds. The molecule has 5 rings (SSSR count). The summed E-state index contributed by atoms with van der Waals surface area (Å²) in [6.45, 7) is 11.8. The van der Waals surface area contributed by atoms with Gasteiger partial charge in [0.2, 0.25) is 15.8 Å². The Morgan fingerprint density at radius 1 is 1.02 bits per heavy atom. The molecule has 0 spiro atoms. The molecule has 0 radical (unpaired) electrons. The maximum Gasteiger partial charge on any atom is 0.216 e. The lowest BCUT2D eigenvalue weighted by molar-refractivity contribution is -0.313. The average molecular weight is 569 g/mol. The van der Waals surface area contributed by atoms with Crippen LogP contribution in [0.1, 0.15) is 36.1 Å². The van der Waals surface area contributed by atoms with Crippen LogP contribution in [0.15, 0.2) is 61.2 Å². The molecule has 1 aromatic heterocycles. The first kappa shape index (κ1) is 28.8. The quantitative estimate of drug-likeness (QED) is 0.388. The minimum Gasteiger partial charge on any atom is -0.369 e. The van der Waals surface area contributed by atoms with Gasteiger partial charge in [0.1, 0.15) is 6.10 Å². The number of rotatable bonds is 9. The van der Waals surface area contributed by atoms with Crippen LogP contribution in [0.25, 0.3) is 0 Å². The van der Waals surface area contributed by atoms with E-state index in [2.05, 4.69) is 66.2 Å². The standard InChI is InChI=1S/C30H40N4O5S/c1-23(2)40(35,36)34-15-13-33(14-16-34)27-8-6-26(7-9-27)18-37-28-19-38-30(39-20-28,21-32-12-11-31-22-32)29-10-5-24(3)17-25(29)4/h5-12,17,22-23,28H,13-16,18-21H2,1-4H3. The lowest BCUT2D eigenvalue weighted by atomic mass is 9.97. The molecule has 2 aliphatic heterocycles. The normalized spacial score (nSPS) is 22.6. The lowest BCUT2D eigenvalue weighted by Crippen LogP contribution is -2.50. The highest BCUT2D eigenvalue weighted by molar-refractivity contribution is 7.89. The first-order chi connectivity index (χ1) is 19.2. The van der Waals surface area contributed by atoms with E-state index in [1.165, 1.54) is 5.56 Å². The van der Waals surface area contributed by atoms with E-state index in [4.69, 9.17) is 14.2 Å². The molecule has 3 heterocycles. The molecule has 10 heteroatoms. The van der Waals surface area contributed by atoms with Crippen molar-refractivity contribution < 1.29 is 22.6 Å². The van der Waals surface area contributed by atoms with Gasteiger partial charge in [-0.2, -0.15) is 4.31 Å². The number of benzene rings is 2. The third-order valence-corrected chi connectivity index (χ3v) is 10.0. The summed E-state index contributed by atoms with van der Waals surface area (Å²) < 4.78 is 47.6. The lowest BCUT2D eigenvalue weighted by Gasteiger charge is -2.41. The van der Waals surface area contributed by atoms with Crippen molar-refractivity contribution >= 4 is 15.7 Å². The second-order valence-corrected chi connectivity index (χ2v) is 13.5. The number of anilines is 1. The molecule has 2 saturated heterocycles. The van der Waals surface area contributed by atoms with Crippen LogP contribution < -0.4 is 4.90 Å². The van der Waals surface area contributed by atoms with Crippen LogP contribution in [0.3, 0.4) is 0 Å². The van der Waals surface area contributed by atoms with Crippen molar-refractivity contribution in [1.82, 2.24) is 13.9 Å². The zero-order valence-electron chi connectivity index (χ0n) is 23.8. The highest BCUT2D eigenvalue weighted by Gasteiger charge is 2.41. The van der Waals surface area contributed by atoms with Crippen LogP contribution in [0.2, 0.25) is 0 Å². The number of piperazine rings is 1. The van der Waals surface area contributed by atoms with E-state index in [0.29, 0.717) is 52.5 Å². The molecule has 2 fully saturated rings. The van der Waals surface area contributed by atoms with E-state index in [1.807, 2.05) is 10.8 Å². The Morgan fingerprint density at radius 3 is 2.33 bits per heavy atom. The van der Waals surface area contributed by atoms with Gasteiger partial charge in [-0.3, -0.25) is 0 Å². The predicted octanol–water partition coefficient (Wildman–Crippen LogP) is 3.85. The number of nitrogens with zero attached hydrogens (tertiary/aromatic N) is 4. The third-order valence-electron chi connectivity index (χ3n) is 7.73. The van der Waals surface area contributed by atoms with Crippen LogP contribution in [-0.2, 0) is 43.2 Å². The van der Waals surface area contributed by atoms with Gasteiger partial charge in [0.15, 0.2) is 0 Å². The average Bonchev–Trinajstić information content (AvgIpc) is 3.46. The van der Waals surface area contributed by atoms with Crippen LogP contribution in [-0.4, -0.2) is 73.0 Å². The van der Waals surface area contributed by atoms with Crippen molar-refractivity contribution in [2.75, 3.05) is 44.3 Å². The topological polar surface area (TPSA) is 86.1 Å². The Bertz CT molecular complexity index is 1360. The minimum atomic E-state index is -3.21. The van der Waals surface area contributed by atoms with Gasteiger partial charge in [0.05, 0.1) is 37.9 Å². The summed E-state index contributed by atoms with van der Waals surface area (Å²) in [7, 11) is -3.21. The predicted molar refractivity (Wildman–Crippen MR) is 155 cm³/mol. The SMILES string of the molecule is Cc1ccc(C2(Cn3ccnc3)OCC(OCc3ccc(N4CCN(S(=O)(=O)C(C)C)CC4)cc3)CO2)c(C)c1. The molecule has 2 aromatic carbocycles. The van der Waals surface area contributed by atoms with Gasteiger partial charge >= 0.3 is 0 Å². The first-order valence-corrected chi connectivity index (χ1v) is 15.4. The van der Waals surface area contributed by atoms with Crippen molar-refractivity contribution in [2.24, 2.45) is 0 Å². The van der Waals surface area contributed by atoms with Crippen molar-refractivity contribution in [2.45, 2.75) is 58.0 Å². The smallest absolute Gasteiger partial charge is 0.216 e. The molecule has 216 valence electrons. The number of hydrogen-bond acceptors (Lipinski definition) is 7. The van der Waals surface area contributed by atoms with Gasteiger partial charge in [0.25, 0.3) is 0 Å². The molecule has 40 heavy (non-hydrogen) atoms. The van der Waals surface area contributed by atoms with E-state index >= 15 is 0 Å². The summed E-state index contributed by atoms with van der Waals surface area (Å²) >= 11 is 0.